The zero-order valence-electron chi connectivity index (χ0n) is 9.87. The second-order valence-corrected chi connectivity index (χ2v) is 3.27. The largest absolute Gasteiger partial charge is 0.346 e. The molecule has 2 N–H and O–H groups in total. The van der Waals surface area contributed by atoms with Crippen LogP contribution in [0.15, 0.2) is 18.2 Å². The Morgan fingerprint density at radius 1 is 1.39 bits per heavy atom. The monoisotopic (exact) mass is 254 g/mol. The molecule has 0 unspecified atom stereocenters. The number of nitrogens with two attached hydrogens (primary N) is 1. The minimum atomic E-state index is -0.707. The van der Waals surface area contributed by atoms with Crippen LogP contribution in [0.1, 0.15) is 22.2 Å². The first kappa shape index (κ1) is 14.2. The molecule has 0 aromatic heterocycles. The van der Waals surface area contributed by atoms with Crippen molar-refractivity contribution in [3.05, 3.63) is 39.4 Å². The standard InChI is InChI=1S/C10H9NO5.CH5N/c12-6-7-1-2-8(9(5-7)11(13)14)10-15-3-4-16-10;1-2/h1-2,5-6,10H,3-4H2;2H2,1H3. The van der Waals surface area contributed by atoms with Crippen LogP contribution in [0.4, 0.5) is 5.69 Å². The molecule has 7 heteroatoms. The van der Waals surface area contributed by atoms with Crippen LogP contribution in [0.2, 0.25) is 0 Å². The maximum absolute atomic E-state index is 10.8. The van der Waals surface area contributed by atoms with Gasteiger partial charge < -0.3 is 15.2 Å². The van der Waals surface area contributed by atoms with E-state index in [2.05, 4.69) is 5.73 Å². The number of nitro groups is 1. The summed E-state index contributed by atoms with van der Waals surface area (Å²) in [5, 5.41) is 10.8. The highest BCUT2D eigenvalue weighted by Gasteiger charge is 2.26. The molecule has 0 aliphatic carbocycles. The first-order valence-electron chi connectivity index (χ1n) is 5.27. The zero-order valence-corrected chi connectivity index (χ0v) is 9.87. The third-order valence-corrected chi connectivity index (χ3v) is 2.26. The summed E-state index contributed by atoms with van der Waals surface area (Å²) in [6.07, 6.45) is -0.145. The van der Waals surface area contributed by atoms with Crippen molar-refractivity contribution in [2.75, 3.05) is 20.3 Å². The molecule has 1 aromatic rings. The molecule has 1 fully saturated rings. The summed E-state index contributed by atoms with van der Waals surface area (Å²) < 4.78 is 10.4. The molecular weight excluding hydrogens is 240 g/mol. The Morgan fingerprint density at radius 2 is 2.00 bits per heavy atom. The van der Waals surface area contributed by atoms with Crippen molar-refractivity contribution in [2.24, 2.45) is 5.73 Å². The van der Waals surface area contributed by atoms with Crippen molar-refractivity contribution >= 4 is 12.0 Å². The van der Waals surface area contributed by atoms with Gasteiger partial charge in [0.1, 0.15) is 6.29 Å². The maximum atomic E-state index is 10.8. The van der Waals surface area contributed by atoms with Gasteiger partial charge in [0.25, 0.3) is 5.69 Å². The van der Waals surface area contributed by atoms with E-state index in [4.69, 9.17) is 9.47 Å². The third kappa shape index (κ3) is 3.10. The van der Waals surface area contributed by atoms with Crippen LogP contribution in [0.3, 0.4) is 0 Å². The van der Waals surface area contributed by atoms with Crippen LogP contribution in [0.25, 0.3) is 0 Å². The van der Waals surface area contributed by atoms with Crippen molar-refractivity contribution in [2.45, 2.75) is 6.29 Å². The van der Waals surface area contributed by atoms with E-state index in [1.54, 1.807) is 0 Å². The molecule has 1 aliphatic rings. The van der Waals surface area contributed by atoms with Gasteiger partial charge in [-0.2, -0.15) is 0 Å². The van der Waals surface area contributed by atoms with Gasteiger partial charge in [0.15, 0.2) is 6.29 Å². The summed E-state index contributed by atoms with van der Waals surface area (Å²) in [5.41, 5.74) is 4.94. The van der Waals surface area contributed by atoms with Gasteiger partial charge in [-0.3, -0.25) is 14.9 Å². The fourth-order valence-electron chi connectivity index (χ4n) is 1.53. The van der Waals surface area contributed by atoms with E-state index in [0.29, 0.717) is 25.1 Å². The Bertz CT molecular complexity index is 429. The van der Waals surface area contributed by atoms with Gasteiger partial charge in [-0.1, -0.05) is 6.07 Å². The molecular formula is C11H14N2O5. The highest BCUT2D eigenvalue weighted by molar-refractivity contribution is 5.76. The van der Waals surface area contributed by atoms with Crippen LogP contribution < -0.4 is 5.73 Å². The highest BCUT2D eigenvalue weighted by atomic mass is 16.7. The highest BCUT2D eigenvalue weighted by Crippen LogP contribution is 2.31. The number of hydrogen-bond donors (Lipinski definition) is 1. The number of nitro benzene ring substituents is 1. The summed E-state index contributed by atoms with van der Waals surface area (Å²) in [7, 11) is 1.50. The van der Waals surface area contributed by atoms with Crippen LogP contribution >= 0.6 is 0 Å². The fourth-order valence-corrected chi connectivity index (χ4v) is 1.53. The first-order chi connectivity index (χ1) is 8.72. The van der Waals surface area contributed by atoms with Gasteiger partial charge >= 0.3 is 0 Å². The number of nitrogens with zero attached hydrogens (tertiary/aromatic N) is 1. The van der Waals surface area contributed by atoms with E-state index < -0.39 is 11.2 Å². The summed E-state index contributed by atoms with van der Waals surface area (Å²) in [6, 6.07) is 4.20. The van der Waals surface area contributed by atoms with Crippen LogP contribution in [0.5, 0.6) is 0 Å². The zero-order chi connectivity index (χ0) is 13.5. The molecule has 0 amide bonds. The minimum absolute atomic E-state index is 0.156. The van der Waals surface area contributed by atoms with Crippen LogP contribution in [-0.4, -0.2) is 31.5 Å². The van der Waals surface area contributed by atoms with Crippen LogP contribution in [0, 0.1) is 10.1 Å². The van der Waals surface area contributed by atoms with Crippen molar-refractivity contribution < 1.29 is 19.2 Å². The molecule has 0 bridgehead atoms. The Hall–Kier alpha value is -1.83. The molecule has 1 aliphatic heterocycles. The van der Waals surface area contributed by atoms with E-state index >= 15 is 0 Å². The Kier molecular flexibility index (Phi) is 5.37. The number of hydrogen-bond acceptors (Lipinski definition) is 6. The minimum Gasteiger partial charge on any atom is -0.346 e. The number of aldehydes is 1. The fraction of sp³-hybridized carbons (Fsp3) is 0.364. The number of carbonyl (C=O) groups is 1. The molecule has 0 saturated carbocycles. The van der Waals surface area contributed by atoms with Crippen LogP contribution in [-0.2, 0) is 9.47 Å². The number of carbonyl (C=O) groups excluding carboxylic acids is 1. The molecule has 1 aromatic carbocycles. The number of ether oxygens (including phenoxy) is 2. The van der Waals surface area contributed by atoms with Crippen molar-refractivity contribution in [3.63, 3.8) is 0 Å². The predicted molar refractivity (Wildman–Crippen MR) is 63.2 cm³/mol. The van der Waals surface area contributed by atoms with Crippen molar-refractivity contribution in [3.8, 4) is 0 Å². The second kappa shape index (κ2) is 6.80. The smallest absolute Gasteiger partial charge is 0.278 e. The Labute approximate surface area is 104 Å². The van der Waals surface area contributed by atoms with Gasteiger partial charge in [-0.25, -0.2) is 0 Å². The predicted octanol–water partition coefficient (Wildman–Crippen LogP) is 1.03. The molecule has 7 nitrogen and oxygen atoms in total. The molecule has 0 spiro atoms. The lowest BCUT2D eigenvalue weighted by molar-refractivity contribution is -0.386. The molecule has 98 valence electrons. The average Bonchev–Trinajstić information content (AvgIpc) is 2.94. The molecule has 2 rings (SSSR count). The van der Waals surface area contributed by atoms with Gasteiger partial charge in [0.2, 0.25) is 0 Å². The quantitative estimate of drug-likeness (QED) is 0.490. The average molecular weight is 254 g/mol. The summed E-state index contributed by atoms with van der Waals surface area (Å²) in [4.78, 5) is 20.8. The number of rotatable bonds is 3. The molecule has 18 heavy (non-hydrogen) atoms. The van der Waals surface area contributed by atoms with E-state index in [0.717, 1.165) is 0 Å². The lowest BCUT2D eigenvalue weighted by Gasteiger charge is -2.09. The lowest BCUT2D eigenvalue weighted by Crippen LogP contribution is -2.03. The van der Waals surface area contributed by atoms with E-state index in [9.17, 15) is 14.9 Å². The topological polar surface area (TPSA) is 105 Å². The second-order valence-electron chi connectivity index (χ2n) is 3.27. The first-order valence-corrected chi connectivity index (χ1v) is 5.27. The lowest BCUT2D eigenvalue weighted by atomic mass is 10.1. The molecule has 1 heterocycles. The molecule has 0 atom stereocenters. The van der Waals surface area contributed by atoms with Crippen molar-refractivity contribution in [1.29, 1.82) is 0 Å². The van der Waals surface area contributed by atoms with E-state index in [1.165, 1.54) is 25.2 Å². The normalized spacial score (nSPS) is 14.8. The summed E-state index contributed by atoms with van der Waals surface area (Å²) >= 11 is 0. The Balaban J connectivity index is 0.000000771. The number of benzene rings is 1. The molecule has 0 radical (unpaired) electrons. The summed E-state index contributed by atoms with van der Waals surface area (Å²) in [6.45, 7) is 0.828. The SMILES string of the molecule is CN.O=Cc1ccc(C2OCCO2)c([N+](=O)[O-])c1. The van der Waals surface area contributed by atoms with Gasteiger partial charge in [0, 0.05) is 11.6 Å². The maximum Gasteiger partial charge on any atom is 0.278 e. The van der Waals surface area contributed by atoms with Gasteiger partial charge in [-0.15, -0.1) is 0 Å². The van der Waals surface area contributed by atoms with E-state index in [1.807, 2.05) is 0 Å². The summed E-state index contributed by atoms with van der Waals surface area (Å²) in [5.74, 6) is 0. The van der Waals surface area contributed by atoms with Crippen molar-refractivity contribution in [1.82, 2.24) is 0 Å². The van der Waals surface area contributed by atoms with E-state index in [-0.39, 0.29) is 11.3 Å². The van der Waals surface area contributed by atoms with Gasteiger partial charge in [-0.05, 0) is 13.1 Å². The van der Waals surface area contributed by atoms with Gasteiger partial charge in [0.05, 0.1) is 23.7 Å². The Morgan fingerprint density at radius 3 is 2.50 bits per heavy atom. The molecule has 1 saturated heterocycles. The third-order valence-electron chi connectivity index (χ3n) is 2.26.